The van der Waals surface area contributed by atoms with Crippen LogP contribution in [0.4, 0.5) is 5.13 Å². The summed E-state index contributed by atoms with van der Waals surface area (Å²) in [6.07, 6.45) is 3.19. The molecule has 0 aliphatic carbocycles. The van der Waals surface area contributed by atoms with Gasteiger partial charge >= 0.3 is 0 Å². The van der Waals surface area contributed by atoms with Gasteiger partial charge in [-0.2, -0.15) is 9.40 Å². The number of amides is 2. The largest absolute Gasteiger partial charge is 0.341 e. The second-order valence-corrected chi connectivity index (χ2v) is 11.5. The summed E-state index contributed by atoms with van der Waals surface area (Å²) in [5.41, 5.74) is 1.64. The number of likely N-dealkylation sites (tertiary alicyclic amines) is 1. The molecule has 0 unspecified atom stereocenters. The minimum absolute atomic E-state index is 0.0282. The molecule has 10 nitrogen and oxygen atoms in total. The maximum atomic E-state index is 13.5. The van der Waals surface area contributed by atoms with Crippen LogP contribution in [0.15, 0.2) is 10.3 Å². The average molecular weight is 495 g/mol. The Morgan fingerprint density at radius 2 is 1.88 bits per heavy atom. The van der Waals surface area contributed by atoms with Crippen LogP contribution in [-0.4, -0.2) is 70.4 Å². The third-order valence-corrected chi connectivity index (χ3v) is 9.25. The molecule has 4 heterocycles. The molecular weight excluding hydrogens is 464 g/mol. The SMILES string of the molecule is Cc1csc(NC(=O)[C@@H]2CCCN(S(=O)(=O)c3c(C)nn(CC(=O)N4CCCC4)c3C)C2)n1. The van der Waals surface area contributed by atoms with Gasteiger partial charge in [-0.3, -0.25) is 14.3 Å². The summed E-state index contributed by atoms with van der Waals surface area (Å²) in [6.45, 7) is 7.14. The quantitative estimate of drug-likeness (QED) is 0.656. The zero-order chi connectivity index (χ0) is 23.8. The van der Waals surface area contributed by atoms with E-state index in [9.17, 15) is 18.0 Å². The molecular formula is C21H30N6O4S2. The van der Waals surface area contributed by atoms with E-state index in [2.05, 4.69) is 15.4 Å². The van der Waals surface area contributed by atoms with E-state index in [0.717, 1.165) is 31.6 Å². The lowest BCUT2D eigenvalue weighted by atomic mass is 9.99. The van der Waals surface area contributed by atoms with Gasteiger partial charge in [0.2, 0.25) is 21.8 Å². The Labute approximate surface area is 198 Å². The number of nitrogens with one attached hydrogen (secondary N) is 1. The fraction of sp³-hybridized carbons (Fsp3) is 0.619. The number of piperidine rings is 1. The molecule has 2 fully saturated rings. The number of carbonyl (C=O) groups is 2. The number of rotatable bonds is 6. The van der Waals surface area contributed by atoms with E-state index in [1.54, 1.807) is 18.7 Å². The number of hydrogen-bond donors (Lipinski definition) is 1. The van der Waals surface area contributed by atoms with Gasteiger partial charge in [-0.1, -0.05) is 0 Å². The molecule has 2 aliphatic rings. The highest BCUT2D eigenvalue weighted by atomic mass is 32.2. The second-order valence-electron chi connectivity index (χ2n) is 8.73. The summed E-state index contributed by atoms with van der Waals surface area (Å²) in [6, 6.07) is 0. The minimum atomic E-state index is -3.86. The van der Waals surface area contributed by atoms with Crippen molar-refractivity contribution in [3.05, 3.63) is 22.5 Å². The summed E-state index contributed by atoms with van der Waals surface area (Å²) < 4.78 is 30.0. The van der Waals surface area contributed by atoms with Gasteiger partial charge in [0.1, 0.15) is 11.4 Å². The smallest absolute Gasteiger partial charge is 0.246 e. The number of aryl methyl sites for hydroxylation is 2. The summed E-state index contributed by atoms with van der Waals surface area (Å²) in [7, 11) is -3.86. The summed E-state index contributed by atoms with van der Waals surface area (Å²) >= 11 is 1.35. The van der Waals surface area contributed by atoms with Gasteiger partial charge in [-0.15, -0.1) is 11.3 Å². The van der Waals surface area contributed by atoms with Gasteiger partial charge in [0, 0.05) is 31.6 Å². The summed E-state index contributed by atoms with van der Waals surface area (Å²) in [5.74, 6) is -0.719. The summed E-state index contributed by atoms with van der Waals surface area (Å²) in [5, 5.41) is 9.55. The fourth-order valence-electron chi connectivity index (χ4n) is 4.53. The van der Waals surface area contributed by atoms with Gasteiger partial charge in [0.15, 0.2) is 5.13 Å². The van der Waals surface area contributed by atoms with Crippen LogP contribution in [0.3, 0.4) is 0 Å². The van der Waals surface area contributed by atoms with Gasteiger partial charge in [0.05, 0.1) is 23.0 Å². The third-order valence-electron chi connectivity index (χ3n) is 6.26. The second kappa shape index (κ2) is 9.51. The van der Waals surface area contributed by atoms with Crippen molar-refractivity contribution in [2.75, 3.05) is 31.5 Å². The van der Waals surface area contributed by atoms with Crippen molar-refractivity contribution in [2.24, 2.45) is 5.92 Å². The number of thiazole rings is 1. The molecule has 0 aromatic carbocycles. The predicted molar refractivity (Wildman–Crippen MR) is 124 cm³/mol. The lowest BCUT2D eigenvalue weighted by Crippen LogP contribution is -2.44. The molecule has 2 aromatic rings. The van der Waals surface area contributed by atoms with Crippen LogP contribution >= 0.6 is 11.3 Å². The van der Waals surface area contributed by atoms with Gasteiger partial charge in [0.25, 0.3) is 0 Å². The van der Waals surface area contributed by atoms with Crippen LogP contribution in [0.1, 0.15) is 42.8 Å². The number of hydrogen-bond acceptors (Lipinski definition) is 7. The topological polar surface area (TPSA) is 118 Å². The maximum absolute atomic E-state index is 13.5. The normalized spacial score (nSPS) is 19.7. The van der Waals surface area contributed by atoms with Crippen molar-refractivity contribution >= 4 is 38.3 Å². The van der Waals surface area contributed by atoms with Crippen molar-refractivity contribution in [2.45, 2.75) is 57.9 Å². The molecule has 4 rings (SSSR count). The number of aromatic nitrogens is 3. The number of carbonyl (C=O) groups excluding carboxylic acids is 2. The molecule has 2 aromatic heterocycles. The first kappa shape index (κ1) is 23.8. The van der Waals surface area contributed by atoms with Crippen LogP contribution < -0.4 is 5.32 Å². The number of nitrogens with zero attached hydrogens (tertiary/aromatic N) is 5. The maximum Gasteiger partial charge on any atom is 0.246 e. The van der Waals surface area contributed by atoms with Crippen LogP contribution in [-0.2, 0) is 26.2 Å². The first-order chi connectivity index (χ1) is 15.7. The Bertz CT molecular complexity index is 1150. The van der Waals surface area contributed by atoms with Crippen LogP contribution in [0.5, 0.6) is 0 Å². The Balaban J connectivity index is 1.49. The number of anilines is 1. The molecule has 33 heavy (non-hydrogen) atoms. The van der Waals surface area contributed by atoms with Crippen LogP contribution in [0.25, 0.3) is 0 Å². The van der Waals surface area contributed by atoms with E-state index in [1.807, 2.05) is 12.3 Å². The molecule has 0 saturated carbocycles. The van der Waals surface area contributed by atoms with Crippen molar-refractivity contribution in [1.82, 2.24) is 24.0 Å². The molecule has 2 saturated heterocycles. The highest BCUT2D eigenvalue weighted by Crippen LogP contribution is 2.29. The van der Waals surface area contributed by atoms with E-state index in [1.165, 1.54) is 20.3 Å². The van der Waals surface area contributed by atoms with Crippen molar-refractivity contribution in [1.29, 1.82) is 0 Å². The summed E-state index contributed by atoms with van der Waals surface area (Å²) in [4.78, 5) is 31.5. The van der Waals surface area contributed by atoms with E-state index in [4.69, 9.17) is 0 Å². The minimum Gasteiger partial charge on any atom is -0.341 e. The number of sulfonamides is 1. The molecule has 0 spiro atoms. The van der Waals surface area contributed by atoms with Gasteiger partial charge < -0.3 is 10.2 Å². The molecule has 0 bridgehead atoms. The van der Waals surface area contributed by atoms with Crippen LogP contribution in [0.2, 0.25) is 0 Å². The first-order valence-electron chi connectivity index (χ1n) is 11.2. The van der Waals surface area contributed by atoms with E-state index in [0.29, 0.717) is 35.9 Å². The Morgan fingerprint density at radius 1 is 1.15 bits per heavy atom. The fourth-order valence-corrected chi connectivity index (χ4v) is 7.11. The molecule has 180 valence electrons. The van der Waals surface area contributed by atoms with E-state index >= 15 is 0 Å². The average Bonchev–Trinajstić information content (AvgIpc) is 3.50. The molecule has 12 heteroatoms. The first-order valence-corrected chi connectivity index (χ1v) is 13.5. The third kappa shape index (κ3) is 4.97. The Morgan fingerprint density at radius 3 is 2.55 bits per heavy atom. The highest BCUT2D eigenvalue weighted by molar-refractivity contribution is 7.89. The molecule has 1 N–H and O–H groups in total. The standard InChI is InChI=1S/C21H30N6O4S2/c1-14-13-32-21(22-14)23-20(29)17-7-6-10-26(11-17)33(30,31)19-15(2)24-27(16(19)3)12-18(28)25-8-4-5-9-25/h13,17H,4-12H2,1-3H3,(H,22,23,29)/t17-/m1/s1. The van der Waals surface area contributed by atoms with Crippen molar-refractivity contribution in [3.63, 3.8) is 0 Å². The lowest BCUT2D eigenvalue weighted by Gasteiger charge is -2.31. The molecule has 2 aliphatic heterocycles. The monoisotopic (exact) mass is 494 g/mol. The van der Waals surface area contributed by atoms with Crippen molar-refractivity contribution in [3.8, 4) is 0 Å². The zero-order valence-electron chi connectivity index (χ0n) is 19.2. The van der Waals surface area contributed by atoms with E-state index in [-0.39, 0.29) is 29.8 Å². The molecule has 2 amide bonds. The van der Waals surface area contributed by atoms with Gasteiger partial charge in [-0.05, 0) is 46.5 Å². The van der Waals surface area contributed by atoms with Crippen LogP contribution in [0, 0.1) is 26.7 Å². The van der Waals surface area contributed by atoms with Gasteiger partial charge in [-0.25, -0.2) is 13.4 Å². The Hall–Kier alpha value is -2.31. The molecule has 1 atom stereocenters. The van der Waals surface area contributed by atoms with E-state index < -0.39 is 15.9 Å². The lowest BCUT2D eigenvalue weighted by molar-refractivity contribution is -0.131. The Kier molecular flexibility index (Phi) is 6.87. The zero-order valence-corrected chi connectivity index (χ0v) is 20.8. The molecule has 0 radical (unpaired) electrons. The predicted octanol–water partition coefficient (Wildman–Crippen LogP) is 1.93. The van der Waals surface area contributed by atoms with Crippen molar-refractivity contribution < 1.29 is 18.0 Å². The highest BCUT2D eigenvalue weighted by Gasteiger charge is 2.37.